The molecule has 0 aromatic carbocycles. The van der Waals surface area contributed by atoms with Crippen LogP contribution in [0.5, 0.6) is 0 Å². The number of nitrogens with zero attached hydrogens (tertiary/aromatic N) is 1. The molecule has 2 aliphatic rings. The number of rotatable bonds is 4. The van der Waals surface area contributed by atoms with E-state index in [0.717, 1.165) is 19.4 Å². The quantitative estimate of drug-likeness (QED) is 0.719. The Kier molecular flexibility index (Phi) is 4.76. The number of ether oxygens (including phenoxy) is 1. The van der Waals surface area contributed by atoms with Crippen LogP contribution in [0.3, 0.4) is 0 Å². The van der Waals surface area contributed by atoms with Gasteiger partial charge in [-0.1, -0.05) is 6.92 Å². The molecule has 0 saturated carbocycles. The zero-order valence-electron chi connectivity index (χ0n) is 11.4. The van der Waals surface area contributed by atoms with Crippen molar-refractivity contribution in [3.05, 3.63) is 0 Å². The number of hydrogen-bond donors (Lipinski definition) is 2. The molecule has 0 aromatic rings. The lowest BCUT2D eigenvalue weighted by Gasteiger charge is -2.36. The highest BCUT2D eigenvalue weighted by atomic mass is 16.5. The van der Waals surface area contributed by atoms with E-state index in [1.807, 2.05) is 6.92 Å². The van der Waals surface area contributed by atoms with Gasteiger partial charge >= 0.3 is 0 Å². The molecule has 108 valence electrons. The van der Waals surface area contributed by atoms with Crippen molar-refractivity contribution < 1.29 is 14.3 Å². The van der Waals surface area contributed by atoms with E-state index < -0.39 is 11.9 Å². The minimum atomic E-state index is -0.441. The molecule has 2 heterocycles. The molecule has 19 heavy (non-hydrogen) atoms. The van der Waals surface area contributed by atoms with Crippen LogP contribution < -0.4 is 11.1 Å². The molecule has 0 spiro atoms. The number of nitrogens with one attached hydrogen (secondary N) is 1. The van der Waals surface area contributed by atoms with Crippen molar-refractivity contribution in [3.8, 4) is 0 Å². The number of piperidine rings is 1. The standard InChI is InChI=1S/C13H23N3O3/c1-2-15-10-8-19-7-9(10)13(18)16-6-4-3-5-11(16)12(14)17/h9-11,15H,2-8H2,1H3,(H2,14,17). The first kappa shape index (κ1) is 14.3. The molecule has 6 nitrogen and oxygen atoms in total. The van der Waals surface area contributed by atoms with Crippen molar-refractivity contribution >= 4 is 11.8 Å². The molecule has 2 fully saturated rings. The Morgan fingerprint density at radius 2 is 2.16 bits per heavy atom. The zero-order valence-corrected chi connectivity index (χ0v) is 11.4. The van der Waals surface area contributed by atoms with Crippen LogP contribution in [0, 0.1) is 5.92 Å². The van der Waals surface area contributed by atoms with Crippen LogP contribution >= 0.6 is 0 Å². The fourth-order valence-electron chi connectivity index (χ4n) is 2.97. The van der Waals surface area contributed by atoms with E-state index in [-0.39, 0.29) is 17.9 Å². The second-order valence-corrected chi connectivity index (χ2v) is 5.25. The number of hydrogen-bond acceptors (Lipinski definition) is 4. The molecule has 2 rings (SSSR count). The van der Waals surface area contributed by atoms with Crippen LogP contribution in [0.25, 0.3) is 0 Å². The Morgan fingerprint density at radius 3 is 2.84 bits per heavy atom. The largest absolute Gasteiger partial charge is 0.379 e. The number of primary amides is 1. The maximum Gasteiger partial charge on any atom is 0.240 e. The highest BCUT2D eigenvalue weighted by Gasteiger charge is 2.40. The van der Waals surface area contributed by atoms with Crippen molar-refractivity contribution in [2.75, 3.05) is 26.3 Å². The number of likely N-dealkylation sites (tertiary alicyclic amines) is 1. The molecule has 3 N–H and O–H groups in total. The highest BCUT2D eigenvalue weighted by molar-refractivity contribution is 5.88. The lowest BCUT2D eigenvalue weighted by atomic mass is 9.96. The highest BCUT2D eigenvalue weighted by Crippen LogP contribution is 2.23. The molecule has 2 saturated heterocycles. The Hall–Kier alpha value is -1.14. The number of likely N-dealkylation sites (N-methyl/N-ethyl adjacent to an activating group) is 1. The smallest absolute Gasteiger partial charge is 0.240 e. The summed E-state index contributed by atoms with van der Waals surface area (Å²) < 4.78 is 5.40. The Labute approximate surface area is 113 Å². The van der Waals surface area contributed by atoms with Gasteiger partial charge in [0.25, 0.3) is 0 Å². The molecule has 0 aliphatic carbocycles. The van der Waals surface area contributed by atoms with Crippen LogP contribution in [0.15, 0.2) is 0 Å². The molecule has 0 radical (unpaired) electrons. The fourth-order valence-corrected chi connectivity index (χ4v) is 2.97. The van der Waals surface area contributed by atoms with Gasteiger partial charge in [-0.2, -0.15) is 0 Å². The molecule has 3 atom stereocenters. The van der Waals surface area contributed by atoms with Crippen molar-refractivity contribution in [1.29, 1.82) is 0 Å². The first-order chi connectivity index (χ1) is 9.15. The minimum Gasteiger partial charge on any atom is -0.379 e. The van der Waals surface area contributed by atoms with E-state index >= 15 is 0 Å². The maximum absolute atomic E-state index is 12.6. The molecule has 2 amide bonds. The Bertz CT molecular complexity index is 348. The van der Waals surface area contributed by atoms with Gasteiger partial charge in [0.05, 0.1) is 19.1 Å². The summed E-state index contributed by atoms with van der Waals surface area (Å²) in [5, 5.41) is 3.27. The summed E-state index contributed by atoms with van der Waals surface area (Å²) in [7, 11) is 0. The fraction of sp³-hybridized carbons (Fsp3) is 0.846. The third-order valence-corrected chi connectivity index (χ3v) is 3.98. The maximum atomic E-state index is 12.6. The SMILES string of the molecule is CCNC1COCC1C(=O)N1CCCCC1C(N)=O. The van der Waals surface area contributed by atoms with Gasteiger partial charge in [-0.25, -0.2) is 0 Å². The predicted molar refractivity (Wildman–Crippen MR) is 70.3 cm³/mol. The summed E-state index contributed by atoms with van der Waals surface area (Å²) in [5.74, 6) is -0.584. The van der Waals surface area contributed by atoms with Crippen LogP contribution in [0.2, 0.25) is 0 Å². The number of carbonyl (C=O) groups excluding carboxylic acids is 2. The Morgan fingerprint density at radius 1 is 1.37 bits per heavy atom. The van der Waals surface area contributed by atoms with Gasteiger partial charge in [0.1, 0.15) is 6.04 Å². The van der Waals surface area contributed by atoms with Crippen molar-refractivity contribution in [2.24, 2.45) is 11.7 Å². The van der Waals surface area contributed by atoms with Gasteiger partial charge in [-0.15, -0.1) is 0 Å². The second-order valence-electron chi connectivity index (χ2n) is 5.25. The molecule has 6 heteroatoms. The average Bonchev–Trinajstić information content (AvgIpc) is 2.86. The number of amides is 2. The average molecular weight is 269 g/mol. The van der Waals surface area contributed by atoms with Gasteiger partial charge < -0.3 is 20.7 Å². The summed E-state index contributed by atoms with van der Waals surface area (Å²) in [6.45, 7) is 4.42. The minimum absolute atomic E-state index is 0.00644. The third-order valence-electron chi connectivity index (χ3n) is 3.98. The van der Waals surface area contributed by atoms with Crippen molar-refractivity contribution in [3.63, 3.8) is 0 Å². The van der Waals surface area contributed by atoms with Crippen LogP contribution in [-0.4, -0.2) is 55.1 Å². The number of nitrogens with two attached hydrogens (primary N) is 1. The van der Waals surface area contributed by atoms with E-state index in [1.54, 1.807) is 4.90 Å². The van der Waals surface area contributed by atoms with E-state index in [9.17, 15) is 9.59 Å². The van der Waals surface area contributed by atoms with Gasteiger partial charge in [-0.3, -0.25) is 9.59 Å². The molecule has 0 bridgehead atoms. The molecule has 3 unspecified atom stereocenters. The van der Waals surface area contributed by atoms with Gasteiger partial charge in [0, 0.05) is 12.6 Å². The molecule has 0 aromatic heterocycles. The van der Waals surface area contributed by atoms with Crippen molar-refractivity contribution in [2.45, 2.75) is 38.3 Å². The van der Waals surface area contributed by atoms with Gasteiger partial charge in [-0.05, 0) is 25.8 Å². The van der Waals surface area contributed by atoms with Crippen molar-refractivity contribution in [1.82, 2.24) is 10.2 Å². The summed E-state index contributed by atoms with van der Waals surface area (Å²) in [6, 6.07) is -0.392. The monoisotopic (exact) mass is 269 g/mol. The lowest BCUT2D eigenvalue weighted by Crippen LogP contribution is -2.54. The molecular formula is C13H23N3O3. The first-order valence-electron chi connectivity index (χ1n) is 7.06. The first-order valence-corrected chi connectivity index (χ1v) is 7.06. The van der Waals surface area contributed by atoms with E-state index in [4.69, 9.17) is 10.5 Å². The summed E-state index contributed by atoms with van der Waals surface area (Å²) in [5.41, 5.74) is 5.41. The second kappa shape index (κ2) is 6.34. The number of carbonyl (C=O) groups is 2. The summed E-state index contributed by atoms with van der Waals surface area (Å²) in [4.78, 5) is 25.7. The lowest BCUT2D eigenvalue weighted by molar-refractivity contribution is -0.144. The van der Waals surface area contributed by atoms with Gasteiger partial charge in [0.15, 0.2) is 0 Å². The van der Waals surface area contributed by atoms with E-state index in [0.29, 0.717) is 26.2 Å². The normalized spacial score (nSPS) is 31.4. The van der Waals surface area contributed by atoms with Crippen LogP contribution in [0.4, 0.5) is 0 Å². The summed E-state index contributed by atoms with van der Waals surface area (Å²) >= 11 is 0. The topological polar surface area (TPSA) is 84.7 Å². The zero-order chi connectivity index (χ0) is 13.8. The molecule has 2 aliphatic heterocycles. The summed E-state index contributed by atoms with van der Waals surface area (Å²) in [6.07, 6.45) is 2.57. The van der Waals surface area contributed by atoms with E-state index in [2.05, 4.69) is 5.32 Å². The van der Waals surface area contributed by atoms with Crippen LogP contribution in [-0.2, 0) is 14.3 Å². The third kappa shape index (κ3) is 3.06. The van der Waals surface area contributed by atoms with Gasteiger partial charge in [0.2, 0.25) is 11.8 Å². The molecular weight excluding hydrogens is 246 g/mol. The van der Waals surface area contributed by atoms with Crippen LogP contribution in [0.1, 0.15) is 26.2 Å². The van der Waals surface area contributed by atoms with E-state index in [1.165, 1.54) is 0 Å². The predicted octanol–water partition coefficient (Wildman–Crippen LogP) is -0.523. The Balaban J connectivity index is 2.06.